The smallest absolute Gasteiger partial charge is 0.0651 e. The molecule has 0 atom stereocenters. The van der Waals surface area contributed by atoms with Gasteiger partial charge in [0.25, 0.3) is 0 Å². The highest BCUT2D eigenvalue weighted by atomic mass is 15.1. The Hall–Kier alpha value is -2.23. The summed E-state index contributed by atoms with van der Waals surface area (Å²) in [6, 6.07) is 2.03. The largest absolute Gasteiger partial charge is 0.370 e. The molecule has 0 aliphatic heterocycles. The van der Waals surface area contributed by atoms with Crippen molar-refractivity contribution in [3.63, 3.8) is 0 Å². The van der Waals surface area contributed by atoms with Crippen LogP contribution in [0.15, 0.2) is 36.7 Å². The van der Waals surface area contributed by atoms with Crippen molar-refractivity contribution in [2.75, 3.05) is 13.1 Å². The lowest BCUT2D eigenvalue weighted by molar-refractivity contribution is 0.351. The van der Waals surface area contributed by atoms with Crippen LogP contribution >= 0.6 is 0 Å². The molecule has 0 amide bonds. The second-order valence-corrected chi connectivity index (χ2v) is 8.34. The molecule has 0 bridgehead atoms. The Bertz CT molecular complexity index is 741. The molecule has 0 spiro atoms. The molecule has 0 unspecified atom stereocenters. The van der Waals surface area contributed by atoms with E-state index in [1.807, 2.05) is 38.3 Å². The van der Waals surface area contributed by atoms with Gasteiger partial charge in [-0.05, 0) is 56.7 Å². The van der Waals surface area contributed by atoms with Crippen LogP contribution in [0.5, 0.6) is 0 Å². The van der Waals surface area contributed by atoms with Crippen molar-refractivity contribution in [1.29, 1.82) is 10.8 Å². The molecular weight excluding hydrogens is 356 g/mol. The number of allylic oxidation sites excluding steroid dienone is 2. The van der Waals surface area contributed by atoms with Crippen LogP contribution in [0.1, 0.15) is 75.1 Å². The average Bonchev–Trinajstić information content (AvgIpc) is 2.71. The maximum absolute atomic E-state index is 8.93. The van der Waals surface area contributed by atoms with Crippen molar-refractivity contribution in [1.82, 2.24) is 9.88 Å². The molecule has 1 fully saturated rings. The number of hydrogen-bond acceptors (Lipinski definition) is 4. The molecule has 4 heteroatoms. The Morgan fingerprint density at radius 3 is 2.59 bits per heavy atom. The highest BCUT2D eigenvalue weighted by Gasteiger charge is 2.21. The fourth-order valence-corrected chi connectivity index (χ4v) is 4.15. The van der Waals surface area contributed by atoms with Crippen molar-refractivity contribution in [2.24, 2.45) is 5.92 Å². The van der Waals surface area contributed by atoms with Gasteiger partial charge in [0.2, 0.25) is 0 Å². The van der Waals surface area contributed by atoms with Crippen LogP contribution in [0.4, 0.5) is 0 Å². The molecular formula is C25H38N4. The van der Waals surface area contributed by atoms with Gasteiger partial charge in [-0.1, -0.05) is 45.1 Å². The summed E-state index contributed by atoms with van der Waals surface area (Å²) in [5.41, 5.74) is 4.81. The van der Waals surface area contributed by atoms with E-state index in [1.165, 1.54) is 32.1 Å². The predicted molar refractivity (Wildman–Crippen MR) is 124 cm³/mol. The summed E-state index contributed by atoms with van der Waals surface area (Å²) in [5, 5.41) is 17.7. The zero-order chi connectivity index (χ0) is 21.2. The lowest BCUT2D eigenvalue weighted by Gasteiger charge is -2.30. The van der Waals surface area contributed by atoms with Crippen LogP contribution in [0.3, 0.4) is 0 Å². The molecule has 1 aliphatic carbocycles. The third-order valence-electron chi connectivity index (χ3n) is 5.76. The zero-order valence-corrected chi connectivity index (χ0v) is 18.6. The third-order valence-corrected chi connectivity index (χ3v) is 5.76. The first-order valence-electron chi connectivity index (χ1n) is 11.1. The van der Waals surface area contributed by atoms with Crippen molar-refractivity contribution >= 4 is 11.4 Å². The van der Waals surface area contributed by atoms with Gasteiger partial charge >= 0.3 is 0 Å². The highest BCUT2D eigenvalue weighted by molar-refractivity contribution is 6.12. The SMILES string of the molecule is C=CCCN(CCC)/C(=C/C(=N)c1cc(C)cnc1C)C(=N)CC1CCCCC1. The normalized spacial score (nSPS) is 15.2. The molecule has 29 heavy (non-hydrogen) atoms. The molecule has 0 saturated heterocycles. The third kappa shape index (κ3) is 6.95. The van der Waals surface area contributed by atoms with Crippen molar-refractivity contribution in [3.05, 3.63) is 53.5 Å². The van der Waals surface area contributed by atoms with Crippen molar-refractivity contribution in [2.45, 2.75) is 72.1 Å². The minimum atomic E-state index is 0.446. The maximum Gasteiger partial charge on any atom is 0.0651 e. The second kappa shape index (κ2) is 11.7. The van der Waals surface area contributed by atoms with Crippen LogP contribution in [0.2, 0.25) is 0 Å². The van der Waals surface area contributed by atoms with Crippen LogP contribution in [-0.2, 0) is 0 Å². The molecule has 0 radical (unpaired) electrons. The van der Waals surface area contributed by atoms with Gasteiger partial charge in [0, 0.05) is 30.5 Å². The van der Waals surface area contributed by atoms with E-state index < -0.39 is 0 Å². The molecule has 4 nitrogen and oxygen atoms in total. The van der Waals surface area contributed by atoms with E-state index >= 15 is 0 Å². The summed E-state index contributed by atoms with van der Waals surface area (Å²) in [4.78, 5) is 6.70. The number of nitrogens with one attached hydrogen (secondary N) is 2. The number of nitrogens with zero attached hydrogens (tertiary/aromatic N) is 2. The van der Waals surface area contributed by atoms with E-state index in [1.54, 1.807) is 0 Å². The Morgan fingerprint density at radius 2 is 1.93 bits per heavy atom. The lowest BCUT2D eigenvalue weighted by atomic mass is 9.85. The van der Waals surface area contributed by atoms with Gasteiger partial charge in [-0.25, -0.2) is 0 Å². The fraction of sp³-hybridized carbons (Fsp3) is 0.560. The molecule has 2 N–H and O–H groups in total. The van der Waals surface area contributed by atoms with Crippen molar-refractivity contribution < 1.29 is 0 Å². The molecule has 1 aromatic heterocycles. The predicted octanol–water partition coefficient (Wildman–Crippen LogP) is 6.23. The first-order chi connectivity index (χ1) is 14.0. The van der Waals surface area contributed by atoms with Crippen molar-refractivity contribution in [3.8, 4) is 0 Å². The summed E-state index contributed by atoms with van der Waals surface area (Å²) in [7, 11) is 0. The minimum Gasteiger partial charge on any atom is -0.370 e. The molecule has 1 aromatic rings. The van der Waals surface area contributed by atoms with Crippen LogP contribution < -0.4 is 0 Å². The Kier molecular flexibility index (Phi) is 9.30. The molecule has 1 heterocycles. The Morgan fingerprint density at radius 1 is 1.21 bits per heavy atom. The van der Waals surface area contributed by atoms with Crippen LogP contribution in [-0.4, -0.2) is 34.4 Å². The fourth-order valence-electron chi connectivity index (χ4n) is 4.15. The lowest BCUT2D eigenvalue weighted by Crippen LogP contribution is -2.31. The van der Waals surface area contributed by atoms with E-state index in [0.29, 0.717) is 17.3 Å². The highest BCUT2D eigenvalue weighted by Crippen LogP contribution is 2.28. The summed E-state index contributed by atoms with van der Waals surface area (Å²) in [6.45, 7) is 11.7. The number of hydrogen-bond donors (Lipinski definition) is 2. The van der Waals surface area contributed by atoms with Gasteiger partial charge in [0.1, 0.15) is 0 Å². The topological polar surface area (TPSA) is 63.8 Å². The number of rotatable bonds is 11. The van der Waals surface area contributed by atoms with Crippen LogP contribution in [0, 0.1) is 30.6 Å². The first kappa shape index (κ1) is 23.1. The van der Waals surface area contributed by atoms with E-state index in [9.17, 15) is 0 Å². The van der Waals surface area contributed by atoms with Gasteiger partial charge in [0.05, 0.1) is 17.1 Å². The maximum atomic E-state index is 8.93. The second-order valence-electron chi connectivity index (χ2n) is 8.34. The minimum absolute atomic E-state index is 0.446. The van der Waals surface area contributed by atoms with Gasteiger partial charge < -0.3 is 15.7 Å². The Balaban J connectivity index is 2.33. The van der Waals surface area contributed by atoms with Gasteiger partial charge in [-0.3, -0.25) is 4.98 Å². The van der Waals surface area contributed by atoms with Crippen LogP contribution in [0.25, 0.3) is 0 Å². The summed E-state index contributed by atoms with van der Waals surface area (Å²) in [6.07, 6.45) is 14.8. The summed E-state index contributed by atoms with van der Waals surface area (Å²) < 4.78 is 0. The van der Waals surface area contributed by atoms with Gasteiger partial charge in [-0.2, -0.15) is 0 Å². The molecule has 158 valence electrons. The van der Waals surface area contributed by atoms with Gasteiger partial charge in [-0.15, -0.1) is 6.58 Å². The summed E-state index contributed by atoms with van der Waals surface area (Å²) >= 11 is 0. The molecule has 1 aliphatic rings. The van der Waals surface area contributed by atoms with Gasteiger partial charge in [0.15, 0.2) is 0 Å². The Labute approximate surface area is 177 Å². The quantitative estimate of drug-likeness (QED) is 0.345. The molecule has 0 aromatic carbocycles. The number of aryl methyl sites for hydroxylation is 2. The zero-order valence-electron chi connectivity index (χ0n) is 18.6. The van der Waals surface area contributed by atoms with E-state index in [-0.39, 0.29) is 0 Å². The van der Waals surface area contributed by atoms with E-state index in [4.69, 9.17) is 10.8 Å². The number of pyridine rings is 1. The monoisotopic (exact) mass is 394 g/mol. The van der Waals surface area contributed by atoms with E-state index in [2.05, 4.69) is 23.4 Å². The molecule has 2 rings (SSSR count). The standard InChI is InChI=1S/C25H38N4/c1-5-7-14-29(13-6-2)25(24(27)16-21-11-9-8-10-12-21)17-23(26)22-15-19(3)18-28-20(22)4/h5,15,17-18,21,26-27H,1,6-14,16H2,2-4H3/b25-17+,26-23?,27-24?. The van der Waals surface area contributed by atoms with E-state index in [0.717, 1.165) is 54.9 Å². The first-order valence-corrected chi connectivity index (χ1v) is 11.1. The molecule has 1 saturated carbocycles. The number of aromatic nitrogens is 1. The summed E-state index contributed by atoms with van der Waals surface area (Å²) in [5.74, 6) is 0.610. The average molecular weight is 395 g/mol.